The molecular formula is C10H12N2S. The minimum Gasteiger partial charge on any atom is -0.138 e. The fraction of sp³-hybridized carbons (Fsp3) is 0.400. The van der Waals surface area contributed by atoms with E-state index in [1.54, 1.807) is 0 Å². The zero-order chi connectivity index (χ0) is 9.47. The molecule has 0 saturated carbocycles. The highest BCUT2D eigenvalue weighted by Gasteiger charge is 2.17. The molecule has 68 valence electrons. The highest BCUT2D eigenvalue weighted by Crippen LogP contribution is 2.30. The molecule has 0 aliphatic rings. The summed E-state index contributed by atoms with van der Waals surface area (Å²) in [4.78, 5) is 0. The lowest BCUT2D eigenvalue weighted by Gasteiger charge is -2.18. The molecule has 1 aromatic heterocycles. The van der Waals surface area contributed by atoms with Crippen molar-refractivity contribution in [1.29, 1.82) is 0 Å². The minimum absolute atomic E-state index is 0.174. The highest BCUT2D eigenvalue weighted by atomic mass is 32.1. The van der Waals surface area contributed by atoms with Gasteiger partial charge in [-0.05, 0) is 28.6 Å². The van der Waals surface area contributed by atoms with Crippen molar-refractivity contribution in [1.82, 2.24) is 9.59 Å². The van der Waals surface area contributed by atoms with Gasteiger partial charge in [0.05, 0.1) is 4.70 Å². The lowest BCUT2D eigenvalue weighted by molar-refractivity contribution is 0.596. The van der Waals surface area contributed by atoms with Gasteiger partial charge >= 0.3 is 0 Å². The third kappa shape index (κ3) is 1.44. The summed E-state index contributed by atoms with van der Waals surface area (Å²) >= 11 is 1.48. The standard InChI is InChI=1S/C10H12N2S/c1-10(2,3)7-5-4-6-8-9(7)13-12-11-8/h4-6H,1-3H3. The number of benzene rings is 1. The molecule has 0 aliphatic heterocycles. The quantitative estimate of drug-likeness (QED) is 0.641. The average molecular weight is 192 g/mol. The Labute approximate surface area is 81.8 Å². The van der Waals surface area contributed by atoms with E-state index >= 15 is 0 Å². The van der Waals surface area contributed by atoms with E-state index in [0.717, 1.165) is 5.52 Å². The summed E-state index contributed by atoms with van der Waals surface area (Å²) in [7, 11) is 0. The van der Waals surface area contributed by atoms with Gasteiger partial charge in [0.25, 0.3) is 0 Å². The summed E-state index contributed by atoms with van der Waals surface area (Å²) in [6.07, 6.45) is 0. The number of hydrogen-bond acceptors (Lipinski definition) is 3. The lowest BCUT2D eigenvalue weighted by atomic mass is 9.87. The summed E-state index contributed by atoms with van der Waals surface area (Å²) in [6.45, 7) is 6.63. The van der Waals surface area contributed by atoms with E-state index < -0.39 is 0 Å². The van der Waals surface area contributed by atoms with E-state index in [9.17, 15) is 0 Å². The topological polar surface area (TPSA) is 25.8 Å². The molecule has 0 aliphatic carbocycles. The van der Waals surface area contributed by atoms with Crippen molar-refractivity contribution in [3.05, 3.63) is 23.8 Å². The molecule has 0 N–H and O–H groups in total. The number of aromatic nitrogens is 2. The first-order valence-corrected chi connectivity index (χ1v) is 5.08. The van der Waals surface area contributed by atoms with Crippen molar-refractivity contribution >= 4 is 21.7 Å². The molecule has 3 heteroatoms. The Kier molecular flexibility index (Phi) is 1.84. The smallest absolute Gasteiger partial charge is 0.106 e. The van der Waals surface area contributed by atoms with Crippen molar-refractivity contribution in [3.8, 4) is 0 Å². The largest absolute Gasteiger partial charge is 0.138 e. The van der Waals surface area contributed by atoms with Crippen LogP contribution < -0.4 is 0 Å². The van der Waals surface area contributed by atoms with Gasteiger partial charge < -0.3 is 0 Å². The molecule has 2 aromatic rings. The Morgan fingerprint density at radius 3 is 2.69 bits per heavy atom. The second-order valence-corrected chi connectivity index (χ2v) is 4.93. The van der Waals surface area contributed by atoms with E-state index in [4.69, 9.17) is 0 Å². The Balaban J connectivity index is 2.75. The van der Waals surface area contributed by atoms with Crippen LogP contribution in [0.4, 0.5) is 0 Å². The van der Waals surface area contributed by atoms with Gasteiger partial charge in [0, 0.05) is 0 Å². The maximum Gasteiger partial charge on any atom is 0.106 e. The fourth-order valence-corrected chi connectivity index (χ4v) is 2.28. The van der Waals surface area contributed by atoms with Crippen LogP contribution in [0.5, 0.6) is 0 Å². The second-order valence-electron chi connectivity index (χ2n) is 4.18. The van der Waals surface area contributed by atoms with Crippen molar-refractivity contribution in [3.63, 3.8) is 0 Å². The Morgan fingerprint density at radius 1 is 1.23 bits per heavy atom. The predicted octanol–water partition coefficient (Wildman–Crippen LogP) is 2.99. The van der Waals surface area contributed by atoms with Crippen LogP contribution in [0, 0.1) is 0 Å². The molecule has 0 spiro atoms. The van der Waals surface area contributed by atoms with Crippen LogP contribution in [0.3, 0.4) is 0 Å². The van der Waals surface area contributed by atoms with Gasteiger partial charge in [-0.1, -0.05) is 37.4 Å². The molecular weight excluding hydrogens is 180 g/mol. The van der Waals surface area contributed by atoms with Gasteiger partial charge in [0.1, 0.15) is 5.52 Å². The summed E-state index contributed by atoms with van der Waals surface area (Å²) in [5.41, 5.74) is 2.52. The van der Waals surface area contributed by atoms with Crippen LogP contribution in [-0.4, -0.2) is 9.59 Å². The van der Waals surface area contributed by atoms with Gasteiger partial charge in [-0.25, -0.2) is 0 Å². The third-order valence-electron chi connectivity index (χ3n) is 2.08. The Hall–Kier alpha value is -0.960. The van der Waals surface area contributed by atoms with Crippen LogP contribution in [0.15, 0.2) is 18.2 Å². The van der Waals surface area contributed by atoms with E-state index in [1.807, 2.05) is 12.1 Å². The maximum atomic E-state index is 4.06. The Bertz CT molecular complexity index is 426. The molecule has 0 amide bonds. The van der Waals surface area contributed by atoms with Gasteiger partial charge in [0.15, 0.2) is 0 Å². The monoisotopic (exact) mass is 192 g/mol. The Morgan fingerprint density at radius 2 is 2.00 bits per heavy atom. The van der Waals surface area contributed by atoms with Crippen LogP contribution in [-0.2, 0) is 5.41 Å². The van der Waals surface area contributed by atoms with Crippen LogP contribution in [0.2, 0.25) is 0 Å². The average Bonchev–Trinajstić information content (AvgIpc) is 2.48. The third-order valence-corrected chi connectivity index (χ3v) is 2.86. The molecule has 0 fully saturated rings. The fourth-order valence-electron chi connectivity index (χ4n) is 1.40. The zero-order valence-corrected chi connectivity index (χ0v) is 8.85. The molecule has 2 nitrogen and oxygen atoms in total. The van der Waals surface area contributed by atoms with Gasteiger partial charge in [-0.3, -0.25) is 0 Å². The lowest BCUT2D eigenvalue weighted by Crippen LogP contribution is -2.10. The summed E-state index contributed by atoms with van der Waals surface area (Å²) in [5, 5.41) is 4.06. The first kappa shape index (κ1) is 8.63. The van der Waals surface area contributed by atoms with Crippen molar-refractivity contribution in [2.24, 2.45) is 0 Å². The van der Waals surface area contributed by atoms with E-state index in [2.05, 4.69) is 36.4 Å². The molecule has 0 unspecified atom stereocenters. The second kappa shape index (κ2) is 2.77. The number of hydrogen-bond donors (Lipinski definition) is 0. The molecule has 13 heavy (non-hydrogen) atoms. The van der Waals surface area contributed by atoms with Crippen LogP contribution in [0.1, 0.15) is 26.3 Å². The summed E-state index contributed by atoms with van der Waals surface area (Å²) in [6, 6.07) is 6.21. The molecule has 0 bridgehead atoms. The predicted molar refractivity (Wildman–Crippen MR) is 56.1 cm³/mol. The van der Waals surface area contributed by atoms with Crippen molar-refractivity contribution < 1.29 is 0 Å². The molecule has 1 aromatic carbocycles. The normalized spacial score (nSPS) is 12.2. The molecule has 0 saturated heterocycles. The van der Waals surface area contributed by atoms with E-state index in [0.29, 0.717) is 0 Å². The molecule has 1 heterocycles. The number of rotatable bonds is 0. The van der Waals surface area contributed by atoms with Gasteiger partial charge in [-0.15, -0.1) is 5.10 Å². The first-order chi connectivity index (χ1) is 6.09. The van der Waals surface area contributed by atoms with Crippen molar-refractivity contribution in [2.75, 3.05) is 0 Å². The van der Waals surface area contributed by atoms with Crippen molar-refractivity contribution in [2.45, 2.75) is 26.2 Å². The summed E-state index contributed by atoms with van der Waals surface area (Å²) < 4.78 is 5.18. The maximum absolute atomic E-state index is 4.06. The van der Waals surface area contributed by atoms with E-state index in [1.165, 1.54) is 21.8 Å². The SMILES string of the molecule is CC(C)(C)c1cccc2nnsc12. The number of nitrogens with zero attached hydrogens (tertiary/aromatic N) is 2. The minimum atomic E-state index is 0.174. The molecule has 2 rings (SSSR count). The summed E-state index contributed by atoms with van der Waals surface area (Å²) in [5.74, 6) is 0. The molecule has 0 atom stereocenters. The zero-order valence-electron chi connectivity index (χ0n) is 8.03. The van der Waals surface area contributed by atoms with Gasteiger partial charge in [-0.2, -0.15) is 0 Å². The first-order valence-electron chi connectivity index (χ1n) is 4.30. The van der Waals surface area contributed by atoms with Gasteiger partial charge in [0.2, 0.25) is 0 Å². The van der Waals surface area contributed by atoms with Crippen LogP contribution >= 0.6 is 11.5 Å². The highest BCUT2D eigenvalue weighted by molar-refractivity contribution is 7.13. The number of fused-ring (bicyclic) bond motifs is 1. The van der Waals surface area contributed by atoms with E-state index in [-0.39, 0.29) is 5.41 Å². The molecule has 0 radical (unpaired) electrons. The van der Waals surface area contributed by atoms with Crippen LogP contribution in [0.25, 0.3) is 10.2 Å².